The minimum Gasteiger partial charge on any atom is -0.454 e. The molecule has 0 saturated heterocycles. The van der Waals surface area contributed by atoms with Crippen LogP contribution >= 0.6 is 58.0 Å². The van der Waals surface area contributed by atoms with Gasteiger partial charge in [0.25, 0.3) is 17.7 Å². The highest BCUT2D eigenvalue weighted by molar-refractivity contribution is 6.55. The van der Waals surface area contributed by atoms with Crippen LogP contribution in [0.1, 0.15) is 34.6 Å². The first-order valence-electron chi connectivity index (χ1n) is 9.41. The molecule has 33 heavy (non-hydrogen) atoms. The fourth-order valence-electron chi connectivity index (χ4n) is 3.28. The van der Waals surface area contributed by atoms with Crippen molar-refractivity contribution in [2.75, 3.05) is 11.9 Å². The van der Waals surface area contributed by atoms with E-state index in [2.05, 4.69) is 5.32 Å². The Labute approximate surface area is 213 Å². The molecule has 1 N–H and O–H groups in total. The highest BCUT2D eigenvalue weighted by atomic mass is 35.5. The van der Waals surface area contributed by atoms with Gasteiger partial charge in [0.05, 0.1) is 31.2 Å². The molecule has 0 fully saturated rings. The first-order valence-corrected chi connectivity index (χ1v) is 11.3. The first-order chi connectivity index (χ1) is 15.5. The number of rotatable bonds is 6. The lowest BCUT2D eigenvalue weighted by Gasteiger charge is -2.27. The molecule has 1 heterocycles. The van der Waals surface area contributed by atoms with Gasteiger partial charge in [-0.2, -0.15) is 0 Å². The third kappa shape index (κ3) is 4.93. The molecule has 3 amide bonds. The number of benzene rings is 2. The average molecular weight is 553 g/mol. The molecule has 3 rings (SSSR count). The molecule has 0 spiro atoms. The zero-order chi connectivity index (χ0) is 24.6. The number of esters is 1. The number of amides is 3. The molecule has 1 aliphatic rings. The molecule has 7 nitrogen and oxygen atoms in total. The topological polar surface area (TPSA) is 92.8 Å². The molecule has 2 aromatic rings. The van der Waals surface area contributed by atoms with Crippen LogP contribution < -0.4 is 5.32 Å². The van der Waals surface area contributed by atoms with Crippen LogP contribution in [0.4, 0.5) is 5.69 Å². The van der Waals surface area contributed by atoms with Crippen LogP contribution in [-0.2, 0) is 14.3 Å². The van der Waals surface area contributed by atoms with Gasteiger partial charge in [0.2, 0.25) is 0 Å². The van der Waals surface area contributed by atoms with Crippen LogP contribution in [0.15, 0.2) is 24.3 Å². The van der Waals surface area contributed by atoms with Crippen LogP contribution in [-0.4, -0.2) is 41.2 Å². The Balaban J connectivity index is 1.81. The number of nitrogens with zero attached hydrogens (tertiary/aromatic N) is 1. The number of fused-ring (bicyclic) bond motifs is 1. The van der Waals surface area contributed by atoms with Crippen LogP contribution in [0.3, 0.4) is 0 Å². The predicted molar refractivity (Wildman–Crippen MR) is 127 cm³/mol. The Hall–Kier alpha value is -2.03. The molecular formula is C21H15Cl5N2O5. The quantitative estimate of drug-likeness (QED) is 0.213. The summed E-state index contributed by atoms with van der Waals surface area (Å²) in [5, 5.41) is 2.05. The summed E-state index contributed by atoms with van der Waals surface area (Å²) in [6.45, 7) is 2.55. The second kappa shape index (κ2) is 10.1. The SMILES string of the molecule is CC(C)[C@H](C(=O)OCC(=O)Nc1cccc(Cl)c1)N1C(=O)c2c(Cl)c(Cl)c(Cl)c(Cl)c2C1=O. The van der Waals surface area contributed by atoms with Crippen molar-refractivity contribution in [1.29, 1.82) is 0 Å². The molecule has 0 aliphatic carbocycles. The molecule has 1 aliphatic heterocycles. The highest BCUT2D eigenvalue weighted by Gasteiger charge is 2.48. The number of ether oxygens (including phenoxy) is 1. The molecule has 174 valence electrons. The van der Waals surface area contributed by atoms with E-state index in [9.17, 15) is 19.2 Å². The predicted octanol–water partition coefficient (Wildman–Crippen LogP) is 5.76. The third-order valence-electron chi connectivity index (χ3n) is 4.74. The summed E-state index contributed by atoms with van der Waals surface area (Å²) in [4.78, 5) is 51.8. The molecule has 0 aromatic heterocycles. The molecule has 0 unspecified atom stereocenters. The number of carbonyl (C=O) groups excluding carboxylic acids is 4. The van der Waals surface area contributed by atoms with E-state index >= 15 is 0 Å². The summed E-state index contributed by atoms with van der Waals surface area (Å²) < 4.78 is 5.10. The molecule has 0 bridgehead atoms. The second-order valence-corrected chi connectivity index (χ2v) is 9.29. The zero-order valence-electron chi connectivity index (χ0n) is 17.0. The summed E-state index contributed by atoms with van der Waals surface area (Å²) >= 11 is 30.2. The number of hydrogen-bond donors (Lipinski definition) is 1. The van der Waals surface area contributed by atoms with Crippen LogP contribution in [0.25, 0.3) is 0 Å². The van der Waals surface area contributed by atoms with Gasteiger partial charge in [-0.3, -0.25) is 19.3 Å². The fraction of sp³-hybridized carbons (Fsp3) is 0.238. The van der Waals surface area contributed by atoms with Crippen molar-refractivity contribution in [3.05, 3.63) is 60.5 Å². The Morgan fingerprint density at radius 2 is 1.48 bits per heavy atom. The van der Waals surface area contributed by atoms with Gasteiger partial charge in [0, 0.05) is 10.7 Å². The molecule has 0 saturated carbocycles. The van der Waals surface area contributed by atoms with E-state index in [-0.39, 0.29) is 31.2 Å². The standard InChI is InChI=1S/C21H15Cl5N2O5/c1-8(2)18(21(32)33-7-11(29)27-10-5-3-4-9(22)6-10)28-19(30)12-13(20(28)31)15(24)17(26)16(25)14(12)23/h3-6,8,18H,7H2,1-2H3,(H,27,29)/t18-/m1/s1. The summed E-state index contributed by atoms with van der Waals surface area (Å²) in [5.74, 6) is -3.93. The minimum atomic E-state index is -1.36. The number of halogens is 5. The second-order valence-electron chi connectivity index (χ2n) is 7.34. The van der Waals surface area contributed by atoms with Gasteiger partial charge in [0.1, 0.15) is 6.04 Å². The number of imide groups is 1. The van der Waals surface area contributed by atoms with Gasteiger partial charge in [-0.15, -0.1) is 0 Å². The van der Waals surface area contributed by atoms with Crippen molar-refractivity contribution in [3.8, 4) is 0 Å². The summed E-state index contributed by atoms with van der Waals surface area (Å²) in [6, 6.07) is 5.02. The lowest BCUT2D eigenvalue weighted by atomic mass is 10.0. The van der Waals surface area contributed by atoms with Crippen molar-refractivity contribution >= 4 is 87.4 Å². The molecular weight excluding hydrogens is 538 g/mol. The molecule has 12 heteroatoms. The number of nitrogens with one attached hydrogen (secondary N) is 1. The van der Waals surface area contributed by atoms with Crippen LogP contribution in [0.2, 0.25) is 25.1 Å². The number of anilines is 1. The van der Waals surface area contributed by atoms with Gasteiger partial charge in [0.15, 0.2) is 6.61 Å². The van der Waals surface area contributed by atoms with E-state index in [1.807, 2.05) is 0 Å². The van der Waals surface area contributed by atoms with E-state index in [1.54, 1.807) is 32.0 Å². The van der Waals surface area contributed by atoms with Crippen molar-refractivity contribution in [2.24, 2.45) is 5.92 Å². The van der Waals surface area contributed by atoms with Gasteiger partial charge in [-0.1, -0.05) is 77.9 Å². The summed E-state index contributed by atoms with van der Waals surface area (Å²) in [5.41, 5.74) is -0.0984. The number of hydrogen-bond acceptors (Lipinski definition) is 5. The molecule has 0 radical (unpaired) electrons. The van der Waals surface area contributed by atoms with E-state index in [0.717, 1.165) is 0 Å². The Morgan fingerprint density at radius 1 is 0.939 bits per heavy atom. The smallest absolute Gasteiger partial charge is 0.330 e. The summed E-state index contributed by atoms with van der Waals surface area (Å²) in [6.07, 6.45) is 0. The van der Waals surface area contributed by atoms with Gasteiger partial charge < -0.3 is 10.1 Å². The van der Waals surface area contributed by atoms with Crippen molar-refractivity contribution in [2.45, 2.75) is 19.9 Å². The number of carbonyl (C=O) groups is 4. The van der Waals surface area contributed by atoms with Crippen molar-refractivity contribution < 1.29 is 23.9 Å². The van der Waals surface area contributed by atoms with Crippen molar-refractivity contribution in [3.63, 3.8) is 0 Å². The Kier molecular flexibility index (Phi) is 7.81. The maximum Gasteiger partial charge on any atom is 0.330 e. The Morgan fingerprint density at radius 3 is 1.97 bits per heavy atom. The van der Waals surface area contributed by atoms with Gasteiger partial charge >= 0.3 is 5.97 Å². The normalized spacial score (nSPS) is 13.9. The highest BCUT2D eigenvalue weighted by Crippen LogP contribution is 2.45. The third-order valence-corrected chi connectivity index (χ3v) is 6.77. The van der Waals surface area contributed by atoms with Crippen LogP contribution in [0.5, 0.6) is 0 Å². The lowest BCUT2D eigenvalue weighted by molar-refractivity contribution is -0.152. The average Bonchev–Trinajstić information content (AvgIpc) is 3.00. The van der Waals surface area contributed by atoms with Crippen LogP contribution in [0, 0.1) is 5.92 Å². The fourth-order valence-corrected chi connectivity index (χ4v) is 4.48. The maximum atomic E-state index is 13.1. The summed E-state index contributed by atoms with van der Waals surface area (Å²) in [7, 11) is 0. The largest absolute Gasteiger partial charge is 0.454 e. The van der Waals surface area contributed by atoms with Gasteiger partial charge in [-0.25, -0.2) is 4.79 Å². The minimum absolute atomic E-state index is 0.188. The lowest BCUT2D eigenvalue weighted by Crippen LogP contribution is -2.49. The van der Waals surface area contributed by atoms with E-state index in [0.29, 0.717) is 15.6 Å². The molecule has 2 aromatic carbocycles. The Bertz CT molecular complexity index is 1140. The maximum absolute atomic E-state index is 13.1. The first kappa shape index (κ1) is 25.6. The van der Waals surface area contributed by atoms with E-state index in [1.165, 1.54) is 6.07 Å². The zero-order valence-corrected chi connectivity index (χ0v) is 20.8. The monoisotopic (exact) mass is 550 g/mol. The van der Waals surface area contributed by atoms with Crippen molar-refractivity contribution in [1.82, 2.24) is 4.90 Å². The van der Waals surface area contributed by atoms with Gasteiger partial charge in [-0.05, 0) is 24.1 Å². The van der Waals surface area contributed by atoms with E-state index in [4.69, 9.17) is 62.7 Å². The van der Waals surface area contributed by atoms with E-state index < -0.39 is 42.3 Å². The molecule has 1 atom stereocenters.